The lowest BCUT2D eigenvalue weighted by atomic mass is 10.1. The average Bonchev–Trinajstić information content (AvgIpc) is 2.95. The fraction of sp³-hybridized carbons (Fsp3) is 0.474. The summed E-state index contributed by atoms with van der Waals surface area (Å²) in [6, 6.07) is 6.31. The van der Waals surface area contributed by atoms with Crippen LogP contribution in [0.2, 0.25) is 0 Å². The van der Waals surface area contributed by atoms with Gasteiger partial charge in [0.25, 0.3) is 5.91 Å². The predicted molar refractivity (Wildman–Crippen MR) is 97.2 cm³/mol. The van der Waals surface area contributed by atoms with Gasteiger partial charge in [-0.1, -0.05) is 0 Å². The van der Waals surface area contributed by atoms with Crippen molar-refractivity contribution in [3.8, 4) is 5.69 Å². The molecule has 140 valence electrons. The smallest absolute Gasteiger partial charge is 0.255 e. The molecule has 1 N–H and O–H groups in total. The summed E-state index contributed by atoms with van der Waals surface area (Å²) in [6.45, 7) is 9.58. The van der Waals surface area contributed by atoms with E-state index >= 15 is 0 Å². The first-order valence-corrected chi connectivity index (χ1v) is 8.89. The van der Waals surface area contributed by atoms with Crippen molar-refractivity contribution in [2.75, 3.05) is 32.8 Å². The van der Waals surface area contributed by atoms with Crippen molar-refractivity contribution >= 4 is 5.91 Å². The number of aryl methyl sites for hydroxylation is 1. The van der Waals surface area contributed by atoms with Crippen LogP contribution in [0.5, 0.6) is 0 Å². The van der Waals surface area contributed by atoms with Gasteiger partial charge in [-0.3, -0.25) is 9.69 Å². The lowest BCUT2D eigenvalue weighted by molar-refractivity contribution is 0.0204. The van der Waals surface area contributed by atoms with E-state index in [2.05, 4.69) is 22.2 Å². The Morgan fingerprint density at radius 2 is 1.92 bits per heavy atom. The van der Waals surface area contributed by atoms with Crippen LogP contribution in [0.3, 0.4) is 0 Å². The van der Waals surface area contributed by atoms with Crippen LogP contribution in [-0.2, 0) is 4.74 Å². The van der Waals surface area contributed by atoms with Gasteiger partial charge in [0.2, 0.25) is 0 Å². The number of amides is 1. The molecular weight excluding hydrogens is 335 g/mol. The second kappa shape index (κ2) is 7.97. The molecule has 1 aromatic carbocycles. The molecule has 26 heavy (non-hydrogen) atoms. The molecule has 1 atom stereocenters. The Balaban J connectivity index is 1.70. The summed E-state index contributed by atoms with van der Waals surface area (Å²) in [7, 11) is 0. The maximum Gasteiger partial charge on any atom is 0.255 e. The van der Waals surface area contributed by atoms with Crippen LogP contribution in [0, 0.1) is 19.7 Å². The van der Waals surface area contributed by atoms with Crippen molar-refractivity contribution in [3.05, 3.63) is 47.0 Å². The second-order valence-corrected chi connectivity index (χ2v) is 6.64. The number of benzene rings is 1. The maximum atomic E-state index is 13.1. The number of nitrogens with zero attached hydrogens (tertiary/aromatic N) is 3. The van der Waals surface area contributed by atoms with Crippen molar-refractivity contribution in [2.24, 2.45) is 0 Å². The molecule has 7 heteroatoms. The number of carbonyl (C=O) groups is 1. The van der Waals surface area contributed by atoms with E-state index in [9.17, 15) is 9.18 Å². The Hall–Kier alpha value is -2.25. The zero-order valence-electron chi connectivity index (χ0n) is 15.5. The minimum Gasteiger partial charge on any atom is -0.379 e. The molecule has 2 heterocycles. The normalized spacial score (nSPS) is 16.5. The molecule has 1 aromatic heterocycles. The van der Waals surface area contributed by atoms with Gasteiger partial charge in [0.05, 0.1) is 35.9 Å². The highest BCUT2D eigenvalue weighted by atomic mass is 19.1. The second-order valence-electron chi connectivity index (χ2n) is 6.64. The summed E-state index contributed by atoms with van der Waals surface area (Å²) in [6.07, 6.45) is 0. The van der Waals surface area contributed by atoms with Crippen molar-refractivity contribution < 1.29 is 13.9 Å². The van der Waals surface area contributed by atoms with Crippen molar-refractivity contribution in [2.45, 2.75) is 26.8 Å². The van der Waals surface area contributed by atoms with Gasteiger partial charge < -0.3 is 10.1 Å². The molecule has 0 radical (unpaired) electrons. The largest absolute Gasteiger partial charge is 0.379 e. The third-order valence-electron chi connectivity index (χ3n) is 4.82. The molecular formula is C19H25FN4O2. The topological polar surface area (TPSA) is 59.4 Å². The van der Waals surface area contributed by atoms with E-state index < -0.39 is 0 Å². The lowest BCUT2D eigenvalue weighted by Gasteiger charge is -2.32. The average molecular weight is 360 g/mol. The minimum atomic E-state index is -0.301. The molecule has 1 aliphatic rings. The molecule has 3 rings (SSSR count). The van der Waals surface area contributed by atoms with E-state index in [1.807, 2.05) is 13.8 Å². The molecule has 0 bridgehead atoms. The first kappa shape index (κ1) is 18.5. The van der Waals surface area contributed by atoms with E-state index in [1.165, 1.54) is 12.1 Å². The van der Waals surface area contributed by atoms with E-state index in [1.54, 1.807) is 16.8 Å². The number of ether oxygens (including phenoxy) is 1. The van der Waals surface area contributed by atoms with Crippen LogP contribution in [0.15, 0.2) is 24.3 Å². The standard InChI is InChI=1S/C19H25FN4O2/c1-13(23-8-10-26-11-9-23)12-21-19(25)18-14(2)22-24(15(18)3)17-6-4-16(20)5-7-17/h4-7,13H,8-12H2,1-3H3,(H,21,25). The minimum absolute atomic E-state index is 0.131. The first-order chi connectivity index (χ1) is 12.5. The highest BCUT2D eigenvalue weighted by Gasteiger charge is 2.22. The number of nitrogens with one attached hydrogen (secondary N) is 1. The number of halogens is 1. The van der Waals surface area contributed by atoms with Crippen LogP contribution >= 0.6 is 0 Å². The monoisotopic (exact) mass is 360 g/mol. The maximum absolute atomic E-state index is 13.1. The number of hydrogen-bond donors (Lipinski definition) is 1. The van der Waals surface area contributed by atoms with E-state index in [-0.39, 0.29) is 17.8 Å². The van der Waals surface area contributed by atoms with Gasteiger partial charge in [0.15, 0.2) is 0 Å². The Kier molecular flexibility index (Phi) is 5.68. The molecule has 1 fully saturated rings. The Bertz CT molecular complexity index is 767. The quantitative estimate of drug-likeness (QED) is 0.887. The van der Waals surface area contributed by atoms with Crippen LogP contribution in [0.25, 0.3) is 5.69 Å². The summed E-state index contributed by atoms with van der Waals surface area (Å²) in [5.74, 6) is -0.432. The number of morpholine rings is 1. The lowest BCUT2D eigenvalue weighted by Crippen LogP contribution is -2.47. The van der Waals surface area contributed by atoms with Gasteiger partial charge in [-0.2, -0.15) is 5.10 Å². The Morgan fingerprint density at radius 3 is 2.58 bits per heavy atom. The molecule has 1 unspecified atom stereocenters. The zero-order chi connectivity index (χ0) is 18.7. The number of rotatable bonds is 5. The highest BCUT2D eigenvalue weighted by Crippen LogP contribution is 2.18. The molecule has 0 saturated carbocycles. The van der Waals surface area contributed by atoms with Gasteiger partial charge in [0.1, 0.15) is 5.82 Å². The summed E-state index contributed by atoms with van der Waals surface area (Å²) >= 11 is 0. The Labute approximate surface area is 152 Å². The third-order valence-corrected chi connectivity index (χ3v) is 4.82. The van der Waals surface area contributed by atoms with Crippen molar-refractivity contribution in [3.63, 3.8) is 0 Å². The fourth-order valence-electron chi connectivity index (χ4n) is 3.28. The Morgan fingerprint density at radius 1 is 1.27 bits per heavy atom. The molecule has 0 spiro atoms. The number of aromatic nitrogens is 2. The van der Waals surface area contributed by atoms with Gasteiger partial charge >= 0.3 is 0 Å². The van der Waals surface area contributed by atoms with Gasteiger partial charge in [0, 0.05) is 25.7 Å². The molecule has 2 aromatic rings. The van der Waals surface area contributed by atoms with Gasteiger partial charge in [-0.15, -0.1) is 0 Å². The number of carbonyl (C=O) groups excluding carboxylic acids is 1. The third kappa shape index (κ3) is 3.94. The van der Waals surface area contributed by atoms with Gasteiger partial charge in [-0.05, 0) is 45.0 Å². The number of hydrogen-bond acceptors (Lipinski definition) is 4. The highest BCUT2D eigenvalue weighted by molar-refractivity contribution is 5.96. The SMILES string of the molecule is Cc1nn(-c2ccc(F)cc2)c(C)c1C(=O)NCC(C)N1CCOCC1. The van der Waals surface area contributed by atoms with E-state index in [0.717, 1.165) is 37.7 Å². The molecule has 1 amide bonds. The summed E-state index contributed by atoms with van der Waals surface area (Å²) in [5.41, 5.74) is 2.70. The fourth-order valence-corrected chi connectivity index (χ4v) is 3.28. The van der Waals surface area contributed by atoms with Crippen LogP contribution in [0.4, 0.5) is 4.39 Å². The molecule has 1 aliphatic heterocycles. The summed E-state index contributed by atoms with van der Waals surface area (Å²) < 4.78 is 20.2. The zero-order valence-corrected chi connectivity index (χ0v) is 15.5. The van der Waals surface area contributed by atoms with Crippen LogP contribution < -0.4 is 5.32 Å². The van der Waals surface area contributed by atoms with E-state index in [0.29, 0.717) is 17.8 Å². The molecule has 6 nitrogen and oxygen atoms in total. The van der Waals surface area contributed by atoms with Crippen LogP contribution in [0.1, 0.15) is 28.7 Å². The molecule has 0 aliphatic carbocycles. The summed E-state index contributed by atoms with van der Waals surface area (Å²) in [5, 5.41) is 7.47. The van der Waals surface area contributed by atoms with Crippen molar-refractivity contribution in [1.82, 2.24) is 20.0 Å². The first-order valence-electron chi connectivity index (χ1n) is 8.89. The van der Waals surface area contributed by atoms with E-state index in [4.69, 9.17) is 4.74 Å². The summed E-state index contributed by atoms with van der Waals surface area (Å²) in [4.78, 5) is 15.0. The molecule has 1 saturated heterocycles. The van der Waals surface area contributed by atoms with Crippen molar-refractivity contribution in [1.29, 1.82) is 0 Å². The predicted octanol–water partition coefficient (Wildman–Crippen LogP) is 2.08. The van der Waals surface area contributed by atoms with Gasteiger partial charge in [-0.25, -0.2) is 9.07 Å². The van der Waals surface area contributed by atoms with Crippen LogP contribution in [-0.4, -0.2) is 59.5 Å².